The van der Waals surface area contributed by atoms with Gasteiger partial charge >= 0.3 is 0 Å². The fourth-order valence-electron chi connectivity index (χ4n) is 2.53. The summed E-state index contributed by atoms with van der Waals surface area (Å²) in [5, 5.41) is 9.98. The van der Waals surface area contributed by atoms with Crippen LogP contribution in [0.15, 0.2) is 66.3 Å². The van der Waals surface area contributed by atoms with E-state index in [0.717, 1.165) is 10.7 Å². The highest BCUT2D eigenvalue weighted by molar-refractivity contribution is 7.98. The van der Waals surface area contributed by atoms with E-state index in [9.17, 15) is 4.39 Å². The average Bonchev–Trinajstić information content (AvgIpc) is 3.04. The van der Waals surface area contributed by atoms with E-state index in [-0.39, 0.29) is 11.9 Å². The molecule has 4 nitrogen and oxygen atoms in total. The molecule has 27 heavy (non-hydrogen) atoms. The third kappa shape index (κ3) is 5.11. The Balaban J connectivity index is 1.75. The maximum absolute atomic E-state index is 13.0. The number of ether oxygens (including phenoxy) is 1. The second-order valence-electron chi connectivity index (χ2n) is 5.87. The van der Waals surface area contributed by atoms with Crippen molar-refractivity contribution >= 4 is 23.4 Å². The highest BCUT2D eigenvalue weighted by Gasteiger charge is 2.19. The molecule has 0 spiro atoms. The minimum absolute atomic E-state index is 0.243. The normalized spacial score (nSPS) is 12.0. The second-order valence-corrected chi connectivity index (χ2v) is 7.25. The molecule has 0 fully saturated rings. The van der Waals surface area contributed by atoms with E-state index in [1.165, 1.54) is 23.9 Å². The predicted molar refractivity (Wildman–Crippen MR) is 107 cm³/mol. The van der Waals surface area contributed by atoms with Gasteiger partial charge in [0.2, 0.25) is 0 Å². The molecule has 0 amide bonds. The number of nitrogens with zero attached hydrogens (tertiary/aromatic N) is 3. The van der Waals surface area contributed by atoms with Crippen molar-refractivity contribution < 1.29 is 9.13 Å². The number of rotatable bonds is 8. The fourth-order valence-corrected chi connectivity index (χ4v) is 3.62. The number of allylic oxidation sites excluding steroid dienone is 1. The number of aromatic nitrogens is 3. The zero-order chi connectivity index (χ0) is 19.2. The van der Waals surface area contributed by atoms with Gasteiger partial charge in [-0.3, -0.25) is 4.57 Å². The van der Waals surface area contributed by atoms with Gasteiger partial charge in [-0.1, -0.05) is 47.6 Å². The van der Waals surface area contributed by atoms with Crippen LogP contribution in [-0.4, -0.2) is 14.8 Å². The van der Waals surface area contributed by atoms with Crippen molar-refractivity contribution in [2.75, 3.05) is 0 Å². The first kappa shape index (κ1) is 19.5. The van der Waals surface area contributed by atoms with E-state index >= 15 is 0 Å². The van der Waals surface area contributed by atoms with Gasteiger partial charge in [0.25, 0.3) is 0 Å². The van der Waals surface area contributed by atoms with Crippen molar-refractivity contribution in [1.29, 1.82) is 0 Å². The molecule has 0 aliphatic carbocycles. The van der Waals surface area contributed by atoms with Crippen LogP contribution < -0.4 is 4.74 Å². The molecular weight excluding hydrogens is 385 g/mol. The van der Waals surface area contributed by atoms with Gasteiger partial charge in [0.15, 0.2) is 17.1 Å². The Hall–Kier alpha value is -2.31. The first-order valence-electron chi connectivity index (χ1n) is 8.40. The van der Waals surface area contributed by atoms with Crippen molar-refractivity contribution in [2.24, 2.45) is 0 Å². The van der Waals surface area contributed by atoms with Gasteiger partial charge in [0, 0.05) is 17.3 Å². The summed E-state index contributed by atoms with van der Waals surface area (Å²) in [6, 6.07) is 13.7. The summed E-state index contributed by atoms with van der Waals surface area (Å²) >= 11 is 7.55. The zero-order valence-electron chi connectivity index (χ0n) is 14.8. The summed E-state index contributed by atoms with van der Waals surface area (Å²) in [6.07, 6.45) is 1.48. The van der Waals surface area contributed by atoms with Crippen LogP contribution in [0.1, 0.15) is 24.4 Å². The first-order chi connectivity index (χ1) is 13.1. The predicted octanol–water partition coefficient (Wildman–Crippen LogP) is 5.69. The van der Waals surface area contributed by atoms with E-state index in [1.54, 1.807) is 30.3 Å². The average molecular weight is 404 g/mol. The Morgan fingerprint density at radius 1 is 1.26 bits per heavy atom. The topological polar surface area (TPSA) is 39.9 Å². The first-order valence-corrected chi connectivity index (χ1v) is 9.76. The summed E-state index contributed by atoms with van der Waals surface area (Å²) in [5.74, 6) is 1.80. The molecule has 3 rings (SSSR count). The Morgan fingerprint density at radius 2 is 2.04 bits per heavy atom. The number of hydrogen-bond acceptors (Lipinski definition) is 4. The van der Waals surface area contributed by atoms with Crippen molar-refractivity contribution in [2.45, 2.75) is 30.5 Å². The molecule has 0 unspecified atom stereocenters. The fraction of sp³-hybridized carbons (Fsp3) is 0.200. The second kappa shape index (κ2) is 9.06. The van der Waals surface area contributed by atoms with Gasteiger partial charge in [0.05, 0.1) is 0 Å². The van der Waals surface area contributed by atoms with Crippen molar-refractivity contribution in [3.05, 3.63) is 83.4 Å². The Labute approximate surface area is 167 Å². The minimum Gasteiger partial charge on any atom is -0.483 e. The maximum atomic E-state index is 13.0. The number of hydrogen-bond donors (Lipinski definition) is 0. The van der Waals surface area contributed by atoms with Crippen molar-refractivity contribution in [1.82, 2.24) is 14.8 Å². The summed E-state index contributed by atoms with van der Waals surface area (Å²) in [4.78, 5) is 0. The Bertz CT molecular complexity index is 914. The molecule has 0 aliphatic heterocycles. The summed E-state index contributed by atoms with van der Waals surface area (Å²) in [5.41, 5.74) is 1.01. The molecule has 2 aromatic carbocycles. The van der Waals surface area contributed by atoms with Crippen LogP contribution in [0.25, 0.3) is 0 Å². The standard InChI is InChI=1S/C20H19ClFN3OS/c1-3-11-25-19(14(2)26-18-6-4-5-16(21)12-18)23-24-20(25)27-13-15-7-9-17(22)10-8-15/h3-10,12,14H,1,11,13H2,2H3/t14-/m0/s1. The summed E-state index contributed by atoms with van der Waals surface area (Å²) in [7, 11) is 0. The molecule has 7 heteroatoms. The van der Waals surface area contributed by atoms with E-state index in [1.807, 2.05) is 23.6 Å². The largest absolute Gasteiger partial charge is 0.483 e. The quantitative estimate of drug-likeness (QED) is 0.358. The van der Waals surface area contributed by atoms with Gasteiger partial charge in [-0.15, -0.1) is 16.8 Å². The number of benzene rings is 2. The lowest BCUT2D eigenvalue weighted by Crippen LogP contribution is -2.12. The Kier molecular flexibility index (Phi) is 6.53. The van der Waals surface area contributed by atoms with Crippen LogP contribution in [-0.2, 0) is 12.3 Å². The molecule has 1 aromatic heterocycles. The number of halogens is 2. The summed E-state index contributed by atoms with van der Waals surface area (Å²) in [6.45, 7) is 6.30. The SMILES string of the molecule is C=CCn1c(SCc2ccc(F)cc2)nnc1[C@H](C)Oc1cccc(Cl)c1. The number of thioether (sulfide) groups is 1. The zero-order valence-corrected chi connectivity index (χ0v) is 16.4. The molecule has 1 atom stereocenters. The lowest BCUT2D eigenvalue weighted by molar-refractivity contribution is 0.210. The monoisotopic (exact) mass is 403 g/mol. The lowest BCUT2D eigenvalue weighted by Gasteiger charge is -2.16. The highest BCUT2D eigenvalue weighted by atomic mass is 35.5. The van der Waals surface area contributed by atoms with Crippen LogP contribution in [0.4, 0.5) is 4.39 Å². The smallest absolute Gasteiger partial charge is 0.191 e. The van der Waals surface area contributed by atoms with Crippen LogP contribution in [0.5, 0.6) is 5.75 Å². The maximum Gasteiger partial charge on any atom is 0.191 e. The van der Waals surface area contributed by atoms with E-state index in [0.29, 0.717) is 28.9 Å². The van der Waals surface area contributed by atoms with Crippen LogP contribution in [0, 0.1) is 5.82 Å². The molecular formula is C20H19ClFN3OS. The van der Waals surface area contributed by atoms with Gasteiger partial charge in [-0.05, 0) is 42.8 Å². The molecule has 0 bridgehead atoms. The molecule has 140 valence electrons. The molecule has 1 heterocycles. The molecule has 0 N–H and O–H groups in total. The Morgan fingerprint density at radius 3 is 2.74 bits per heavy atom. The molecule has 0 saturated carbocycles. The van der Waals surface area contributed by atoms with E-state index in [2.05, 4.69) is 16.8 Å². The minimum atomic E-state index is -0.309. The van der Waals surface area contributed by atoms with Crippen molar-refractivity contribution in [3.8, 4) is 5.75 Å². The highest BCUT2D eigenvalue weighted by Crippen LogP contribution is 2.27. The van der Waals surface area contributed by atoms with Crippen LogP contribution >= 0.6 is 23.4 Å². The van der Waals surface area contributed by atoms with Crippen molar-refractivity contribution in [3.63, 3.8) is 0 Å². The van der Waals surface area contributed by atoms with E-state index in [4.69, 9.17) is 16.3 Å². The molecule has 0 radical (unpaired) electrons. The lowest BCUT2D eigenvalue weighted by atomic mass is 10.2. The van der Waals surface area contributed by atoms with Gasteiger partial charge in [0.1, 0.15) is 11.6 Å². The summed E-state index contributed by atoms with van der Waals surface area (Å²) < 4.78 is 21.0. The van der Waals surface area contributed by atoms with Gasteiger partial charge in [-0.25, -0.2) is 4.39 Å². The van der Waals surface area contributed by atoms with E-state index < -0.39 is 0 Å². The van der Waals surface area contributed by atoms with Gasteiger partial charge < -0.3 is 4.74 Å². The third-order valence-corrected chi connectivity index (χ3v) is 5.08. The van der Waals surface area contributed by atoms with Gasteiger partial charge in [-0.2, -0.15) is 0 Å². The third-order valence-electron chi connectivity index (χ3n) is 3.81. The van der Waals surface area contributed by atoms with Crippen LogP contribution in [0.3, 0.4) is 0 Å². The molecule has 3 aromatic rings. The van der Waals surface area contributed by atoms with Crippen LogP contribution in [0.2, 0.25) is 5.02 Å². The molecule has 0 aliphatic rings. The molecule has 0 saturated heterocycles.